The Hall–Kier alpha value is -1.42. The van der Waals surface area contributed by atoms with Gasteiger partial charge in [-0.15, -0.1) is 0 Å². The van der Waals surface area contributed by atoms with Crippen LogP contribution in [0.25, 0.3) is 10.9 Å². The molecule has 2 aliphatic rings. The van der Waals surface area contributed by atoms with Gasteiger partial charge >= 0.3 is 0 Å². The number of aromatic nitrogens is 1. The first-order chi connectivity index (χ1) is 9.25. The second kappa shape index (κ2) is 4.04. The Bertz CT molecular complexity index is 656. The lowest BCUT2D eigenvalue weighted by Crippen LogP contribution is -2.17. The van der Waals surface area contributed by atoms with E-state index in [1.54, 1.807) is 0 Å². The van der Waals surface area contributed by atoms with Gasteiger partial charge in [0.1, 0.15) is 11.6 Å². The van der Waals surface area contributed by atoms with E-state index in [2.05, 4.69) is 9.88 Å². The quantitative estimate of drug-likeness (QED) is 0.836. The standard InChI is InChI=1S/C15H16F2N2/c16-10-7-11-14(9-1-2-9)13-3-4-18-5-6-19(13)15(11)12(17)8-10/h7-9,18H,1-6H2. The van der Waals surface area contributed by atoms with Crippen molar-refractivity contribution < 1.29 is 8.78 Å². The van der Waals surface area contributed by atoms with Gasteiger partial charge in [0.25, 0.3) is 0 Å². The zero-order chi connectivity index (χ0) is 13.0. The third-order valence-corrected chi connectivity index (χ3v) is 4.26. The molecule has 0 atom stereocenters. The van der Waals surface area contributed by atoms with Gasteiger partial charge in [0, 0.05) is 43.2 Å². The normalized spacial score (nSPS) is 19.5. The third-order valence-electron chi connectivity index (χ3n) is 4.26. The Morgan fingerprint density at radius 3 is 2.79 bits per heavy atom. The molecule has 100 valence electrons. The molecule has 19 heavy (non-hydrogen) atoms. The minimum absolute atomic E-state index is 0.426. The predicted octanol–water partition coefficient (Wildman–Crippen LogP) is 2.94. The summed E-state index contributed by atoms with van der Waals surface area (Å²) >= 11 is 0. The van der Waals surface area contributed by atoms with E-state index in [9.17, 15) is 8.78 Å². The van der Waals surface area contributed by atoms with E-state index >= 15 is 0 Å². The van der Waals surface area contributed by atoms with E-state index in [1.807, 2.05) is 0 Å². The fourth-order valence-corrected chi connectivity index (χ4v) is 3.35. The van der Waals surface area contributed by atoms with Gasteiger partial charge < -0.3 is 9.88 Å². The molecule has 4 rings (SSSR count). The highest BCUT2D eigenvalue weighted by atomic mass is 19.1. The van der Waals surface area contributed by atoms with Crippen molar-refractivity contribution in [2.24, 2.45) is 0 Å². The van der Waals surface area contributed by atoms with Crippen LogP contribution >= 0.6 is 0 Å². The van der Waals surface area contributed by atoms with Crippen LogP contribution in [0, 0.1) is 11.6 Å². The third kappa shape index (κ3) is 1.70. The minimum atomic E-state index is -0.467. The highest BCUT2D eigenvalue weighted by Crippen LogP contribution is 2.47. The molecule has 0 amide bonds. The highest BCUT2D eigenvalue weighted by Gasteiger charge is 2.32. The molecule has 0 spiro atoms. The summed E-state index contributed by atoms with van der Waals surface area (Å²) in [6, 6.07) is 2.52. The molecular formula is C15H16F2N2. The maximum absolute atomic E-state index is 14.2. The molecule has 2 nitrogen and oxygen atoms in total. The summed E-state index contributed by atoms with van der Waals surface area (Å²) in [6.07, 6.45) is 3.21. The zero-order valence-corrected chi connectivity index (χ0v) is 10.7. The molecule has 1 saturated carbocycles. The summed E-state index contributed by atoms with van der Waals surface area (Å²) in [4.78, 5) is 0. The van der Waals surface area contributed by atoms with Crippen molar-refractivity contribution in [3.8, 4) is 0 Å². The lowest BCUT2D eigenvalue weighted by molar-refractivity contribution is 0.582. The second-order valence-electron chi connectivity index (χ2n) is 5.57. The average molecular weight is 262 g/mol. The number of hydrogen-bond donors (Lipinski definition) is 1. The lowest BCUT2D eigenvalue weighted by atomic mass is 10.0. The molecule has 1 aliphatic carbocycles. The number of nitrogens with one attached hydrogen (secondary N) is 1. The van der Waals surface area contributed by atoms with Crippen LogP contribution in [0.4, 0.5) is 8.78 Å². The Morgan fingerprint density at radius 1 is 1.16 bits per heavy atom. The molecule has 1 fully saturated rings. The van der Waals surface area contributed by atoms with Crippen LogP contribution in [0.2, 0.25) is 0 Å². The van der Waals surface area contributed by atoms with Crippen molar-refractivity contribution in [2.45, 2.75) is 31.7 Å². The summed E-state index contributed by atoms with van der Waals surface area (Å²) in [6.45, 7) is 2.53. The summed E-state index contributed by atoms with van der Waals surface area (Å²) in [5.41, 5.74) is 3.02. The van der Waals surface area contributed by atoms with E-state index in [0.29, 0.717) is 11.4 Å². The van der Waals surface area contributed by atoms with Crippen LogP contribution in [-0.2, 0) is 13.0 Å². The highest BCUT2D eigenvalue weighted by molar-refractivity contribution is 5.87. The molecule has 0 unspecified atom stereocenters. The van der Waals surface area contributed by atoms with Crippen LogP contribution in [0.5, 0.6) is 0 Å². The van der Waals surface area contributed by atoms with Gasteiger partial charge in [-0.05, 0) is 30.4 Å². The maximum atomic E-state index is 14.2. The first-order valence-corrected chi connectivity index (χ1v) is 6.96. The SMILES string of the molecule is Fc1cc(F)c2c(c1)c(C1CC1)c1n2CCNCC1. The molecule has 0 bridgehead atoms. The fraction of sp³-hybridized carbons (Fsp3) is 0.467. The van der Waals surface area contributed by atoms with E-state index in [-0.39, 0.29) is 0 Å². The summed E-state index contributed by atoms with van der Waals surface area (Å²) in [5.74, 6) is -0.381. The monoisotopic (exact) mass is 262 g/mol. The van der Waals surface area contributed by atoms with Crippen molar-refractivity contribution in [3.63, 3.8) is 0 Å². The van der Waals surface area contributed by atoms with Gasteiger partial charge in [-0.25, -0.2) is 8.78 Å². The van der Waals surface area contributed by atoms with Gasteiger partial charge in [-0.3, -0.25) is 0 Å². The van der Waals surface area contributed by atoms with E-state index in [1.165, 1.54) is 17.3 Å². The topological polar surface area (TPSA) is 17.0 Å². The maximum Gasteiger partial charge on any atom is 0.150 e. The number of rotatable bonds is 1. The van der Waals surface area contributed by atoms with Crippen molar-refractivity contribution in [1.82, 2.24) is 9.88 Å². The Labute approximate surface area is 110 Å². The van der Waals surface area contributed by atoms with Crippen LogP contribution in [-0.4, -0.2) is 17.7 Å². The Morgan fingerprint density at radius 2 is 2.00 bits per heavy atom. The second-order valence-corrected chi connectivity index (χ2v) is 5.57. The van der Waals surface area contributed by atoms with Crippen molar-refractivity contribution >= 4 is 10.9 Å². The van der Waals surface area contributed by atoms with Gasteiger partial charge in [-0.1, -0.05) is 0 Å². The Balaban J connectivity index is 2.08. The number of benzene rings is 1. The minimum Gasteiger partial charge on any atom is -0.341 e. The molecule has 1 aromatic heterocycles. The zero-order valence-electron chi connectivity index (χ0n) is 10.7. The van der Waals surface area contributed by atoms with Crippen molar-refractivity contribution in [2.75, 3.05) is 13.1 Å². The van der Waals surface area contributed by atoms with Crippen LogP contribution in [0.1, 0.15) is 30.0 Å². The van der Waals surface area contributed by atoms with E-state index < -0.39 is 11.6 Å². The van der Waals surface area contributed by atoms with Gasteiger partial charge in [0.2, 0.25) is 0 Å². The molecule has 2 aromatic rings. The largest absolute Gasteiger partial charge is 0.341 e. The first-order valence-electron chi connectivity index (χ1n) is 6.96. The summed E-state index contributed by atoms with van der Waals surface area (Å²) in [5, 5.41) is 4.15. The molecule has 1 aromatic carbocycles. The van der Waals surface area contributed by atoms with Crippen LogP contribution in [0.3, 0.4) is 0 Å². The number of hydrogen-bond acceptors (Lipinski definition) is 1. The van der Waals surface area contributed by atoms with Gasteiger partial charge in [0.15, 0.2) is 0 Å². The predicted molar refractivity (Wildman–Crippen MR) is 70.4 cm³/mol. The van der Waals surface area contributed by atoms with Crippen molar-refractivity contribution in [1.29, 1.82) is 0 Å². The smallest absolute Gasteiger partial charge is 0.150 e. The molecule has 1 N–H and O–H groups in total. The summed E-state index contributed by atoms with van der Waals surface area (Å²) in [7, 11) is 0. The number of nitrogens with zero attached hydrogens (tertiary/aromatic N) is 1. The molecule has 0 saturated heterocycles. The molecule has 4 heteroatoms. The summed E-state index contributed by atoms with van der Waals surface area (Å²) < 4.78 is 29.8. The Kier molecular flexibility index (Phi) is 2.42. The van der Waals surface area contributed by atoms with Crippen LogP contribution in [0.15, 0.2) is 12.1 Å². The molecule has 1 aliphatic heterocycles. The number of fused-ring (bicyclic) bond motifs is 3. The molecular weight excluding hydrogens is 246 g/mol. The van der Waals surface area contributed by atoms with Gasteiger partial charge in [0.05, 0.1) is 5.52 Å². The molecule has 2 heterocycles. The van der Waals surface area contributed by atoms with Gasteiger partial charge in [-0.2, -0.15) is 0 Å². The number of halogens is 2. The van der Waals surface area contributed by atoms with E-state index in [4.69, 9.17) is 0 Å². The lowest BCUT2D eigenvalue weighted by Gasteiger charge is -2.07. The average Bonchev–Trinajstić information content (AvgIpc) is 3.16. The van der Waals surface area contributed by atoms with E-state index in [0.717, 1.165) is 50.3 Å². The molecule has 0 radical (unpaired) electrons. The first kappa shape index (κ1) is 11.4. The fourth-order valence-electron chi connectivity index (χ4n) is 3.35. The van der Waals surface area contributed by atoms with Crippen molar-refractivity contribution in [3.05, 3.63) is 35.0 Å². The van der Waals surface area contributed by atoms with Crippen LogP contribution < -0.4 is 5.32 Å².